The fourth-order valence-electron chi connectivity index (χ4n) is 2.41. The third-order valence-electron chi connectivity index (χ3n) is 3.44. The zero-order valence-corrected chi connectivity index (χ0v) is 14.5. The first-order chi connectivity index (χ1) is 9.21. The first kappa shape index (κ1) is 17.4. The van der Waals surface area contributed by atoms with E-state index in [1.165, 1.54) is 0 Å². The number of sulfone groups is 1. The second kappa shape index (κ2) is 6.87. The highest BCUT2D eigenvalue weighted by atomic mass is 79.9. The lowest BCUT2D eigenvalue weighted by Crippen LogP contribution is -2.44. The zero-order chi connectivity index (χ0) is 15.5. The van der Waals surface area contributed by atoms with Crippen LogP contribution in [0.1, 0.15) is 20.8 Å². The van der Waals surface area contributed by atoms with Crippen molar-refractivity contribution in [3.05, 3.63) is 41.4 Å². The molecule has 0 amide bonds. The van der Waals surface area contributed by atoms with Gasteiger partial charge in [-0.2, -0.15) is 0 Å². The van der Waals surface area contributed by atoms with Gasteiger partial charge in [0.25, 0.3) is 0 Å². The average molecular weight is 360 g/mol. The van der Waals surface area contributed by atoms with E-state index >= 15 is 0 Å². The molecule has 0 heterocycles. The van der Waals surface area contributed by atoms with Crippen LogP contribution in [-0.4, -0.2) is 19.7 Å². The molecule has 0 radical (unpaired) electrons. The van der Waals surface area contributed by atoms with Gasteiger partial charge in [0.1, 0.15) is 0 Å². The predicted molar refractivity (Wildman–Crippen MR) is 87.3 cm³/mol. The molecule has 0 fully saturated rings. The third kappa shape index (κ3) is 3.71. The minimum Gasteiger partial charge on any atom is -0.327 e. The molecule has 0 saturated carbocycles. The molecule has 20 heavy (non-hydrogen) atoms. The van der Waals surface area contributed by atoms with Crippen molar-refractivity contribution in [2.45, 2.75) is 37.0 Å². The second-order valence-electron chi connectivity index (χ2n) is 5.38. The van der Waals surface area contributed by atoms with E-state index in [0.29, 0.717) is 4.90 Å². The Morgan fingerprint density at radius 1 is 1.20 bits per heavy atom. The van der Waals surface area contributed by atoms with Crippen LogP contribution in [-0.2, 0) is 9.84 Å². The Kier molecular flexibility index (Phi) is 5.98. The van der Waals surface area contributed by atoms with Gasteiger partial charge in [-0.1, -0.05) is 35.9 Å². The van der Waals surface area contributed by atoms with Crippen molar-refractivity contribution >= 4 is 25.8 Å². The lowest BCUT2D eigenvalue weighted by molar-refractivity contribution is 0.402. The predicted octanol–water partition coefficient (Wildman–Crippen LogP) is 3.40. The Labute approximate surface area is 130 Å². The van der Waals surface area contributed by atoms with Gasteiger partial charge in [-0.3, -0.25) is 0 Å². The minimum atomic E-state index is -3.49. The summed E-state index contributed by atoms with van der Waals surface area (Å²) in [5.74, 6) is -0.0163. The van der Waals surface area contributed by atoms with Crippen LogP contribution in [0.4, 0.5) is 0 Å². The molecule has 5 heteroatoms. The molecule has 3 atom stereocenters. The average Bonchev–Trinajstić information content (AvgIpc) is 2.34. The van der Waals surface area contributed by atoms with E-state index in [4.69, 9.17) is 5.73 Å². The van der Waals surface area contributed by atoms with E-state index in [1.807, 2.05) is 13.8 Å². The highest BCUT2D eigenvalue weighted by Crippen LogP contribution is 2.29. The van der Waals surface area contributed by atoms with E-state index in [-0.39, 0.29) is 11.8 Å². The summed E-state index contributed by atoms with van der Waals surface area (Å²) in [6.07, 6.45) is 1.70. The maximum Gasteiger partial charge on any atom is 0.183 e. The quantitative estimate of drug-likeness (QED) is 0.791. The Morgan fingerprint density at radius 3 is 2.05 bits per heavy atom. The number of rotatable bonds is 6. The van der Waals surface area contributed by atoms with Crippen molar-refractivity contribution < 1.29 is 8.42 Å². The van der Waals surface area contributed by atoms with Gasteiger partial charge in [0.2, 0.25) is 0 Å². The normalized spacial score (nSPS) is 16.7. The number of hydrogen-bond acceptors (Lipinski definition) is 3. The maximum absolute atomic E-state index is 12.8. The molecule has 0 aliphatic carbocycles. The molecule has 0 aliphatic heterocycles. The van der Waals surface area contributed by atoms with Gasteiger partial charge in [-0.25, -0.2) is 8.42 Å². The molecule has 112 valence electrons. The van der Waals surface area contributed by atoms with Gasteiger partial charge in [-0.15, -0.1) is 6.58 Å². The largest absolute Gasteiger partial charge is 0.327 e. The summed E-state index contributed by atoms with van der Waals surface area (Å²) in [6.45, 7) is 9.49. The van der Waals surface area contributed by atoms with E-state index < -0.39 is 21.1 Å². The van der Waals surface area contributed by atoms with Crippen molar-refractivity contribution in [3.8, 4) is 0 Å². The van der Waals surface area contributed by atoms with Crippen molar-refractivity contribution in [2.75, 3.05) is 0 Å². The zero-order valence-electron chi connectivity index (χ0n) is 12.1. The summed E-state index contributed by atoms with van der Waals surface area (Å²) in [4.78, 5) is 0.301. The van der Waals surface area contributed by atoms with Crippen LogP contribution in [0, 0.1) is 11.8 Å². The smallest absolute Gasteiger partial charge is 0.183 e. The molecule has 0 aliphatic rings. The van der Waals surface area contributed by atoms with Gasteiger partial charge in [-0.05, 0) is 43.0 Å². The molecule has 0 aromatic heterocycles. The second-order valence-corrected chi connectivity index (χ2v) is 8.40. The SMILES string of the molecule is C=CC(C(C)C)C(C(C)N)S(=O)(=O)c1ccc(Br)cc1. The highest BCUT2D eigenvalue weighted by molar-refractivity contribution is 9.10. The van der Waals surface area contributed by atoms with Crippen LogP contribution in [0.2, 0.25) is 0 Å². The number of hydrogen-bond donors (Lipinski definition) is 1. The fraction of sp³-hybridized carbons (Fsp3) is 0.467. The summed E-state index contributed by atoms with van der Waals surface area (Å²) in [7, 11) is -3.49. The molecule has 1 aromatic carbocycles. The van der Waals surface area contributed by atoms with E-state index in [2.05, 4.69) is 22.5 Å². The van der Waals surface area contributed by atoms with Crippen LogP contribution < -0.4 is 5.73 Å². The monoisotopic (exact) mass is 359 g/mol. The number of allylic oxidation sites excluding steroid dienone is 1. The molecular formula is C15H22BrNO2S. The highest BCUT2D eigenvalue weighted by Gasteiger charge is 2.37. The third-order valence-corrected chi connectivity index (χ3v) is 6.36. The number of nitrogens with two attached hydrogens (primary N) is 1. The van der Waals surface area contributed by atoms with Crippen LogP contribution in [0.3, 0.4) is 0 Å². The maximum atomic E-state index is 12.8. The van der Waals surface area contributed by atoms with E-state index in [1.54, 1.807) is 37.3 Å². The molecule has 0 saturated heterocycles. The van der Waals surface area contributed by atoms with Crippen LogP contribution in [0.25, 0.3) is 0 Å². The molecule has 1 rings (SSSR count). The van der Waals surface area contributed by atoms with Crippen LogP contribution in [0.15, 0.2) is 46.3 Å². The summed E-state index contributed by atoms with van der Waals surface area (Å²) in [5.41, 5.74) is 5.97. The lowest BCUT2D eigenvalue weighted by Gasteiger charge is -2.30. The van der Waals surface area contributed by atoms with Gasteiger partial charge >= 0.3 is 0 Å². The summed E-state index contributed by atoms with van der Waals surface area (Å²) in [6, 6.07) is 6.20. The number of halogens is 1. The Bertz CT molecular complexity index is 550. The number of benzene rings is 1. The summed E-state index contributed by atoms with van der Waals surface area (Å²) in [5, 5.41) is -0.666. The lowest BCUT2D eigenvalue weighted by atomic mass is 9.89. The Morgan fingerprint density at radius 2 is 1.70 bits per heavy atom. The van der Waals surface area contributed by atoms with Crippen molar-refractivity contribution in [2.24, 2.45) is 17.6 Å². The van der Waals surface area contributed by atoms with Gasteiger partial charge < -0.3 is 5.73 Å². The molecular weight excluding hydrogens is 338 g/mol. The first-order valence-electron chi connectivity index (χ1n) is 6.59. The van der Waals surface area contributed by atoms with Gasteiger partial charge in [0.15, 0.2) is 9.84 Å². The molecule has 2 N–H and O–H groups in total. The van der Waals surface area contributed by atoms with Crippen molar-refractivity contribution in [1.29, 1.82) is 0 Å². The standard InChI is InChI=1S/C15H22BrNO2S/c1-5-14(10(2)3)15(11(4)17)20(18,19)13-8-6-12(16)7-9-13/h5-11,14-15H,1,17H2,2-4H3. The summed E-state index contributed by atoms with van der Waals surface area (Å²) < 4.78 is 26.5. The molecule has 1 aromatic rings. The molecule has 3 unspecified atom stereocenters. The molecule has 0 spiro atoms. The molecule has 0 bridgehead atoms. The van der Waals surface area contributed by atoms with Crippen molar-refractivity contribution in [3.63, 3.8) is 0 Å². The summed E-state index contributed by atoms with van der Waals surface area (Å²) >= 11 is 3.31. The fourth-order valence-corrected chi connectivity index (χ4v) is 4.91. The van der Waals surface area contributed by atoms with Crippen LogP contribution in [0.5, 0.6) is 0 Å². The minimum absolute atomic E-state index is 0.161. The Balaban J connectivity index is 3.32. The van der Waals surface area contributed by atoms with Crippen molar-refractivity contribution in [1.82, 2.24) is 0 Å². The molecule has 3 nitrogen and oxygen atoms in total. The van der Waals surface area contributed by atoms with Gasteiger partial charge in [0.05, 0.1) is 10.1 Å². The van der Waals surface area contributed by atoms with E-state index in [0.717, 1.165) is 4.47 Å². The Hall–Kier alpha value is -0.650. The first-order valence-corrected chi connectivity index (χ1v) is 8.93. The van der Waals surface area contributed by atoms with E-state index in [9.17, 15) is 8.42 Å². The van der Waals surface area contributed by atoms with Crippen LogP contribution >= 0.6 is 15.9 Å². The topological polar surface area (TPSA) is 60.2 Å². The van der Waals surface area contributed by atoms with Gasteiger partial charge in [0, 0.05) is 10.5 Å².